The topological polar surface area (TPSA) is 82.6 Å². The molecule has 1 aromatic heterocycles. The average molecular weight is 311 g/mol. The second-order valence-corrected chi connectivity index (χ2v) is 5.07. The highest BCUT2D eigenvalue weighted by atomic mass is 16.6. The highest BCUT2D eigenvalue weighted by Crippen LogP contribution is 2.26. The number of nitro groups is 1. The monoisotopic (exact) mass is 311 g/mol. The van der Waals surface area contributed by atoms with E-state index in [9.17, 15) is 14.9 Å². The molecule has 0 unspecified atom stereocenters. The molecule has 0 radical (unpaired) electrons. The molecule has 23 heavy (non-hydrogen) atoms. The van der Waals surface area contributed by atoms with Crippen LogP contribution in [0, 0.1) is 10.1 Å². The van der Waals surface area contributed by atoms with Gasteiger partial charge in [0.1, 0.15) is 17.4 Å². The number of rotatable bonds is 4. The summed E-state index contributed by atoms with van der Waals surface area (Å²) >= 11 is 0. The second-order valence-electron chi connectivity index (χ2n) is 5.07. The summed E-state index contributed by atoms with van der Waals surface area (Å²) in [5.41, 5.74) is 0.707. The van der Waals surface area contributed by atoms with E-state index < -0.39 is 10.5 Å². The molecule has 0 aliphatic rings. The predicted octanol–water partition coefficient (Wildman–Crippen LogP) is 3.84. The van der Waals surface area contributed by atoms with E-state index >= 15 is 0 Å². The summed E-state index contributed by atoms with van der Waals surface area (Å²) in [5, 5.41) is 11.6. The van der Waals surface area contributed by atoms with E-state index in [0.29, 0.717) is 16.9 Å². The molecule has 0 aliphatic carbocycles. The Bertz CT molecular complexity index is 931. The van der Waals surface area contributed by atoms with Gasteiger partial charge in [0.2, 0.25) is 0 Å². The number of nitro benzene ring substituents is 1. The standard InChI is InChI=1S/C17H13NO5/c1-11(13-3-2-4-14(9-13)18(20)21)22-15-7-5-12-6-8-17(19)23-16(12)10-15/h2-11H,1H3/t11-/m0/s1. The largest absolute Gasteiger partial charge is 0.486 e. The molecule has 0 spiro atoms. The molecule has 0 bridgehead atoms. The number of fused-ring (bicyclic) bond motifs is 1. The van der Waals surface area contributed by atoms with Crippen LogP contribution in [0.15, 0.2) is 63.8 Å². The molecule has 0 aliphatic heterocycles. The zero-order chi connectivity index (χ0) is 16.4. The SMILES string of the molecule is C[C@H](Oc1ccc2ccc(=O)oc2c1)c1cccc([N+](=O)[O-])c1. The van der Waals surface area contributed by atoms with Crippen molar-refractivity contribution in [3.8, 4) is 5.75 Å². The first kappa shape index (κ1) is 14.8. The van der Waals surface area contributed by atoms with E-state index in [-0.39, 0.29) is 11.8 Å². The van der Waals surface area contributed by atoms with Gasteiger partial charge >= 0.3 is 5.63 Å². The third-order valence-electron chi connectivity index (χ3n) is 3.46. The summed E-state index contributed by atoms with van der Waals surface area (Å²) in [4.78, 5) is 21.7. The van der Waals surface area contributed by atoms with Gasteiger partial charge in [0.05, 0.1) is 4.92 Å². The molecule has 0 N–H and O–H groups in total. The number of non-ortho nitro benzene ring substituents is 1. The van der Waals surface area contributed by atoms with Gasteiger partial charge in [-0.15, -0.1) is 0 Å². The number of nitrogens with zero attached hydrogens (tertiary/aromatic N) is 1. The van der Waals surface area contributed by atoms with Gasteiger partial charge in [-0.05, 0) is 30.7 Å². The number of hydrogen-bond acceptors (Lipinski definition) is 5. The Morgan fingerprint density at radius 3 is 2.70 bits per heavy atom. The highest BCUT2D eigenvalue weighted by molar-refractivity contribution is 5.77. The van der Waals surface area contributed by atoms with Crippen LogP contribution < -0.4 is 10.4 Å². The van der Waals surface area contributed by atoms with Crippen LogP contribution in [-0.4, -0.2) is 4.92 Å². The Morgan fingerprint density at radius 1 is 1.13 bits per heavy atom. The molecule has 116 valence electrons. The smallest absolute Gasteiger partial charge is 0.336 e. The Kier molecular flexibility index (Phi) is 3.80. The van der Waals surface area contributed by atoms with E-state index in [4.69, 9.17) is 9.15 Å². The van der Waals surface area contributed by atoms with Crippen molar-refractivity contribution in [2.75, 3.05) is 0 Å². The lowest BCUT2D eigenvalue weighted by atomic mass is 10.1. The third kappa shape index (κ3) is 3.21. The summed E-state index contributed by atoms with van der Waals surface area (Å²) < 4.78 is 10.9. The normalized spacial score (nSPS) is 12.0. The van der Waals surface area contributed by atoms with E-state index in [0.717, 1.165) is 5.39 Å². The molecule has 3 rings (SSSR count). The van der Waals surface area contributed by atoms with Crippen molar-refractivity contribution in [1.29, 1.82) is 0 Å². The molecule has 0 saturated heterocycles. The van der Waals surface area contributed by atoms with Gasteiger partial charge in [-0.25, -0.2) is 4.79 Å². The summed E-state index contributed by atoms with van der Waals surface area (Å²) in [6.07, 6.45) is -0.386. The molecule has 6 nitrogen and oxygen atoms in total. The van der Waals surface area contributed by atoms with Crippen molar-refractivity contribution in [1.82, 2.24) is 0 Å². The fourth-order valence-electron chi connectivity index (χ4n) is 2.28. The van der Waals surface area contributed by atoms with Crippen molar-refractivity contribution in [2.24, 2.45) is 0 Å². The van der Waals surface area contributed by atoms with Gasteiger partial charge in [0.15, 0.2) is 0 Å². The maximum absolute atomic E-state index is 11.3. The average Bonchev–Trinajstić information content (AvgIpc) is 2.54. The lowest BCUT2D eigenvalue weighted by Gasteiger charge is -2.15. The van der Waals surface area contributed by atoms with Gasteiger partial charge < -0.3 is 9.15 Å². The molecule has 1 atom stereocenters. The summed E-state index contributed by atoms with van der Waals surface area (Å²) in [6, 6.07) is 14.5. The van der Waals surface area contributed by atoms with Crippen molar-refractivity contribution >= 4 is 16.7 Å². The first-order valence-corrected chi connectivity index (χ1v) is 6.98. The minimum atomic E-state index is -0.444. The summed E-state index contributed by atoms with van der Waals surface area (Å²) in [5.74, 6) is 0.519. The Balaban J connectivity index is 1.87. The number of ether oxygens (including phenoxy) is 1. The van der Waals surface area contributed by atoms with Crippen LogP contribution in [0.25, 0.3) is 11.0 Å². The van der Waals surface area contributed by atoms with Crippen LogP contribution >= 0.6 is 0 Å². The van der Waals surface area contributed by atoms with E-state index in [1.165, 1.54) is 18.2 Å². The zero-order valence-electron chi connectivity index (χ0n) is 12.3. The lowest BCUT2D eigenvalue weighted by Crippen LogP contribution is -2.04. The van der Waals surface area contributed by atoms with Crippen LogP contribution in [0.4, 0.5) is 5.69 Å². The van der Waals surface area contributed by atoms with Crippen molar-refractivity contribution in [3.05, 3.63) is 80.7 Å². The van der Waals surface area contributed by atoms with Gasteiger partial charge in [-0.3, -0.25) is 10.1 Å². The molecular formula is C17H13NO5. The molecule has 6 heteroatoms. The third-order valence-corrected chi connectivity index (χ3v) is 3.46. The fraction of sp³-hybridized carbons (Fsp3) is 0.118. The van der Waals surface area contributed by atoms with E-state index in [1.807, 2.05) is 0 Å². The molecule has 0 amide bonds. The summed E-state index contributed by atoms with van der Waals surface area (Å²) in [7, 11) is 0. The quantitative estimate of drug-likeness (QED) is 0.415. The zero-order valence-corrected chi connectivity index (χ0v) is 12.3. The Morgan fingerprint density at radius 2 is 1.91 bits per heavy atom. The maximum Gasteiger partial charge on any atom is 0.336 e. The van der Waals surface area contributed by atoms with E-state index in [1.54, 1.807) is 43.3 Å². The maximum atomic E-state index is 11.3. The Labute approximate surface area is 131 Å². The highest BCUT2D eigenvalue weighted by Gasteiger charge is 2.12. The van der Waals surface area contributed by atoms with Gasteiger partial charge in [-0.2, -0.15) is 0 Å². The lowest BCUT2D eigenvalue weighted by molar-refractivity contribution is -0.385. The number of hydrogen-bond donors (Lipinski definition) is 0. The van der Waals surface area contributed by atoms with Crippen LogP contribution in [0.2, 0.25) is 0 Å². The molecule has 0 saturated carbocycles. The first-order valence-electron chi connectivity index (χ1n) is 6.98. The molecule has 2 aromatic carbocycles. The first-order chi connectivity index (χ1) is 11.0. The molecular weight excluding hydrogens is 298 g/mol. The van der Waals surface area contributed by atoms with Gasteiger partial charge in [-0.1, -0.05) is 12.1 Å². The predicted molar refractivity (Wildman–Crippen MR) is 84.6 cm³/mol. The Hall–Kier alpha value is -3.15. The van der Waals surface area contributed by atoms with Gasteiger partial charge in [0.25, 0.3) is 5.69 Å². The van der Waals surface area contributed by atoms with Crippen LogP contribution in [-0.2, 0) is 0 Å². The second kappa shape index (κ2) is 5.92. The van der Waals surface area contributed by atoms with Crippen LogP contribution in [0.3, 0.4) is 0 Å². The molecule has 1 heterocycles. The van der Waals surface area contributed by atoms with Crippen molar-refractivity contribution in [2.45, 2.75) is 13.0 Å². The van der Waals surface area contributed by atoms with Crippen LogP contribution in [0.1, 0.15) is 18.6 Å². The van der Waals surface area contributed by atoms with Crippen LogP contribution in [0.5, 0.6) is 5.75 Å². The summed E-state index contributed by atoms with van der Waals surface area (Å²) in [6.45, 7) is 1.80. The van der Waals surface area contributed by atoms with Crippen molar-refractivity contribution in [3.63, 3.8) is 0 Å². The minimum Gasteiger partial charge on any atom is -0.486 e. The minimum absolute atomic E-state index is 0.0162. The van der Waals surface area contributed by atoms with Gasteiger partial charge in [0, 0.05) is 29.7 Å². The van der Waals surface area contributed by atoms with Crippen molar-refractivity contribution < 1.29 is 14.1 Å². The molecule has 3 aromatic rings. The fourth-order valence-corrected chi connectivity index (χ4v) is 2.28. The molecule has 0 fully saturated rings. The number of benzene rings is 2. The van der Waals surface area contributed by atoms with E-state index in [2.05, 4.69) is 0 Å².